The molecule has 17 heavy (non-hydrogen) atoms. The fourth-order valence-corrected chi connectivity index (χ4v) is 1.69. The third-order valence-electron chi connectivity index (χ3n) is 2.97. The van der Waals surface area contributed by atoms with E-state index >= 15 is 0 Å². The monoisotopic (exact) mass is 242 g/mol. The zero-order chi connectivity index (χ0) is 13.2. The van der Waals surface area contributed by atoms with Crippen LogP contribution in [-0.2, 0) is 11.2 Å². The number of alkyl halides is 2. The molecule has 0 saturated carbocycles. The van der Waals surface area contributed by atoms with Crippen LogP contribution in [0, 0.1) is 20.8 Å². The standard InChI is InChI=1S/C13H16F2O2/c1-8-6-10(3)11(7-9(8)2)4-5-13(14,15)12(16)17/h6-7H,4-5H2,1-3H3,(H,16,17). The van der Waals surface area contributed by atoms with Crippen LogP contribution in [0.5, 0.6) is 0 Å². The van der Waals surface area contributed by atoms with Crippen molar-refractivity contribution in [3.8, 4) is 0 Å². The summed E-state index contributed by atoms with van der Waals surface area (Å²) in [7, 11) is 0. The molecule has 0 aliphatic rings. The van der Waals surface area contributed by atoms with E-state index in [-0.39, 0.29) is 6.42 Å². The molecule has 1 aromatic carbocycles. The molecule has 0 aliphatic carbocycles. The maximum Gasteiger partial charge on any atom is 0.374 e. The van der Waals surface area contributed by atoms with Crippen molar-refractivity contribution in [3.05, 3.63) is 34.4 Å². The van der Waals surface area contributed by atoms with Gasteiger partial charge >= 0.3 is 11.9 Å². The Morgan fingerprint density at radius 1 is 1.18 bits per heavy atom. The molecule has 0 aromatic heterocycles. The molecule has 0 saturated heterocycles. The lowest BCUT2D eigenvalue weighted by Gasteiger charge is -2.13. The number of carboxylic acids is 1. The SMILES string of the molecule is Cc1cc(C)c(CCC(F)(F)C(=O)O)cc1C. The highest BCUT2D eigenvalue weighted by Gasteiger charge is 2.38. The van der Waals surface area contributed by atoms with Gasteiger partial charge in [0.25, 0.3) is 0 Å². The van der Waals surface area contributed by atoms with Gasteiger partial charge in [0.15, 0.2) is 0 Å². The van der Waals surface area contributed by atoms with Gasteiger partial charge in [0.05, 0.1) is 0 Å². The van der Waals surface area contributed by atoms with Crippen molar-refractivity contribution in [1.82, 2.24) is 0 Å². The zero-order valence-corrected chi connectivity index (χ0v) is 10.2. The van der Waals surface area contributed by atoms with Gasteiger partial charge in [-0.05, 0) is 49.4 Å². The van der Waals surface area contributed by atoms with Crippen molar-refractivity contribution >= 4 is 5.97 Å². The summed E-state index contributed by atoms with van der Waals surface area (Å²) < 4.78 is 25.9. The molecule has 0 heterocycles. The quantitative estimate of drug-likeness (QED) is 0.879. The summed E-state index contributed by atoms with van der Waals surface area (Å²) in [6.07, 6.45) is -0.585. The normalized spacial score (nSPS) is 11.6. The minimum Gasteiger partial charge on any atom is -0.477 e. The van der Waals surface area contributed by atoms with E-state index in [0.29, 0.717) is 0 Å². The van der Waals surface area contributed by atoms with Crippen molar-refractivity contribution in [2.45, 2.75) is 39.5 Å². The van der Waals surface area contributed by atoms with Gasteiger partial charge in [-0.3, -0.25) is 0 Å². The Hall–Kier alpha value is -1.45. The molecule has 0 amide bonds. The number of hydrogen-bond donors (Lipinski definition) is 1. The van der Waals surface area contributed by atoms with E-state index in [9.17, 15) is 13.6 Å². The zero-order valence-electron chi connectivity index (χ0n) is 10.2. The molecule has 1 N–H and O–H groups in total. The number of halogens is 2. The topological polar surface area (TPSA) is 37.3 Å². The highest BCUT2D eigenvalue weighted by Crippen LogP contribution is 2.24. The summed E-state index contributed by atoms with van der Waals surface area (Å²) >= 11 is 0. The summed E-state index contributed by atoms with van der Waals surface area (Å²) in [6, 6.07) is 3.78. The predicted octanol–water partition coefficient (Wildman–Crippen LogP) is 3.26. The van der Waals surface area contributed by atoms with Gasteiger partial charge in [-0.25, -0.2) is 4.79 Å². The van der Waals surface area contributed by atoms with Crippen LogP contribution < -0.4 is 0 Å². The molecule has 1 rings (SSSR count). The molecule has 0 radical (unpaired) electrons. The minimum atomic E-state index is -3.65. The third-order valence-corrected chi connectivity index (χ3v) is 2.97. The number of hydrogen-bond acceptors (Lipinski definition) is 1. The Morgan fingerprint density at radius 3 is 2.24 bits per heavy atom. The average Bonchev–Trinajstić information content (AvgIpc) is 2.21. The van der Waals surface area contributed by atoms with Gasteiger partial charge in [0, 0.05) is 6.42 Å². The van der Waals surface area contributed by atoms with Crippen LogP contribution in [0.4, 0.5) is 8.78 Å². The molecule has 0 spiro atoms. The smallest absolute Gasteiger partial charge is 0.374 e. The Bertz CT molecular complexity index is 439. The second-order valence-corrected chi connectivity index (χ2v) is 4.37. The van der Waals surface area contributed by atoms with Gasteiger partial charge in [0.1, 0.15) is 0 Å². The lowest BCUT2D eigenvalue weighted by atomic mass is 9.96. The highest BCUT2D eigenvalue weighted by atomic mass is 19.3. The number of benzene rings is 1. The molecule has 94 valence electrons. The number of aryl methyl sites for hydroxylation is 4. The second-order valence-electron chi connectivity index (χ2n) is 4.37. The Kier molecular flexibility index (Phi) is 3.86. The van der Waals surface area contributed by atoms with Crippen molar-refractivity contribution in [3.63, 3.8) is 0 Å². The van der Waals surface area contributed by atoms with E-state index < -0.39 is 18.3 Å². The van der Waals surface area contributed by atoms with Crippen molar-refractivity contribution in [2.75, 3.05) is 0 Å². The molecule has 0 aliphatic heterocycles. The summed E-state index contributed by atoms with van der Waals surface area (Å²) in [6.45, 7) is 5.71. The lowest BCUT2D eigenvalue weighted by molar-refractivity contribution is -0.165. The fourth-order valence-electron chi connectivity index (χ4n) is 1.69. The van der Waals surface area contributed by atoms with Crippen LogP contribution in [0.1, 0.15) is 28.7 Å². The van der Waals surface area contributed by atoms with E-state index in [0.717, 1.165) is 22.3 Å². The first-order valence-electron chi connectivity index (χ1n) is 5.42. The summed E-state index contributed by atoms with van der Waals surface area (Å²) in [5.74, 6) is -5.70. The average molecular weight is 242 g/mol. The van der Waals surface area contributed by atoms with Crippen LogP contribution in [0.15, 0.2) is 12.1 Å². The molecule has 2 nitrogen and oxygen atoms in total. The van der Waals surface area contributed by atoms with E-state index in [1.165, 1.54) is 0 Å². The van der Waals surface area contributed by atoms with Gasteiger partial charge in [-0.2, -0.15) is 8.78 Å². The second kappa shape index (κ2) is 4.82. The molecular formula is C13H16F2O2. The van der Waals surface area contributed by atoms with Crippen LogP contribution in [0.25, 0.3) is 0 Å². The molecule has 0 atom stereocenters. The molecule has 0 unspecified atom stereocenters. The Labute approximate surface area is 99.3 Å². The van der Waals surface area contributed by atoms with E-state index in [2.05, 4.69) is 0 Å². The predicted molar refractivity (Wildman–Crippen MR) is 61.6 cm³/mol. The first-order chi connectivity index (χ1) is 7.74. The van der Waals surface area contributed by atoms with Crippen molar-refractivity contribution in [2.24, 2.45) is 0 Å². The summed E-state index contributed by atoms with van der Waals surface area (Å²) in [5.41, 5.74) is 3.85. The van der Waals surface area contributed by atoms with Gasteiger partial charge in [0.2, 0.25) is 0 Å². The highest BCUT2D eigenvalue weighted by molar-refractivity contribution is 5.75. The maximum atomic E-state index is 12.9. The van der Waals surface area contributed by atoms with Gasteiger partial charge in [-0.1, -0.05) is 12.1 Å². The van der Waals surface area contributed by atoms with Gasteiger partial charge < -0.3 is 5.11 Å². The van der Waals surface area contributed by atoms with E-state index in [1.807, 2.05) is 32.9 Å². The number of rotatable bonds is 4. The van der Waals surface area contributed by atoms with Crippen molar-refractivity contribution < 1.29 is 18.7 Å². The van der Waals surface area contributed by atoms with Crippen LogP contribution in [-0.4, -0.2) is 17.0 Å². The Balaban J connectivity index is 2.83. The summed E-state index contributed by atoms with van der Waals surface area (Å²) in [4.78, 5) is 10.3. The minimum absolute atomic E-state index is 0.0756. The Morgan fingerprint density at radius 2 is 1.71 bits per heavy atom. The third kappa shape index (κ3) is 3.25. The molecule has 0 bridgehead atoms. The van der Waals surface area contributed by atoms with Crippen molar-refractivity contribution in [1.29, 1.82) is 0 Å². The van der Waals surface area contributed by atoms with E-state index in [4.69, 9.17) is 5.11 Å². The maximum absolute atomic E-state index is 12.9. The summed E-state index contributed by atoms with van der Waals surface area (Å²) in [5, 5.41) is 8.34. The van der Waals surface area contributed by atoms with E-state index in [1.54, 1.807) is 0 Å². The number of carbonyl (C=O) groups is 1. The fraction of sp³-hybridized carbons (Fsp3) is 0.462. The largest absolute Gasteiger partial charge is 0.477 e. The number of aliphatic carboxylic acids is 1. The molecule has 1 aromatic rings. The van der Waals surface area contributed by atoms with Crippen LogP contribution >= 0.6 is 0 Å². The lowest BCUT2D eigenvalue weighted by Crippen LogP contribution is -2.28. The molecule has 0 fully saturated rings. The first-order valence-corrected chi connectivity index (χ1v) is 5.42. The number of carboxylic acid groups (broad SMARTS) is 1. The molecule has 4 heteroatoms. The first kappa shape index (κ1) is 13.6. The van der Waals surface area contributed by atoms with Gasteiger partial charge in [-0.15, -0.1) is 0 Å². The molecular weight excluding hydrogens is 226 g/mol. The van der Waals surface area contributed by atoms with Crippen LogP contribution in [0.2, 0.25) is 0 Å². The van der Waals surface area contributed by atoms with Crippen LogP contribution in [0.3, 0.4) is 0 Å².